The normalized spacial score (nSPS) is 18.5. The Hall–Kier alpha value is -0.940. The largest absolute Gasteiger partial charge is 0.368 e. The Labute approximate surface area is 127 Å². The van der Waals surface area contributed by atoms with Crippen molar-refractivity contribution in [2.75, 3.05) is 0 Å². The number of nitrogens with one attached hydrogen (secondary N) is 1. The fourth-order valence-electron chi connectivity index (χ4n) is 2.72. The van der Waals surface area contributed by atoms with Crippen molar-refractivity contribution in [3.8, 4) is 0 Å². The first-order valence-electron chi connectivity index (χ1n) is 7.08. The van der Waals surface area contributed by atoms with Crippen LogP contribution in [0.2, 0.25) is 0 Å². The molecule has 2 rings (SSSR count). The lowest BCUT2D eigenvalue weighted by Gasteiger charge is -2.23. The van der Waals surface area contributed by atoms with Crippen molar-refractivity contribution in [1.29, 1.82) is 0 Å². The monoisotopic (exact) mass is 342 g/mol. The van der Waals surface area contributed by atoms with Gasteiger partial charge in [-0.15, -0.1) is 0 Å². The summed E-state index contributed by atoms with van der Waals surface area (Å²) in [4.78, 5) is 11.7. The van der Waals surface area contributed by atoms with E-state index in [9.17, 15) is 9.18 Å². The molecule has 0 radical (unpaired) electrons. The molecule has 0 saturated heterocycles. The molecule has 3 nitrogen and oxygen atoms in total. The predicted molar refractivity (Wildman–Crippen MR) is 80.7 cm³/mol. The number of primary amides is 1. The van der Waals surface area contributed by atoms with Gasteiger partial charge in [0, 0.05) is 6.04 Å². The van der Waals surface area contributed by atoms with Gasteiger partial charge in [0.25, 0.3) is 0 Å². The molecule has 110 valence electrons. The SMILES string of the molecule is NC(=O)C(NC1CCCCCC1)c1ccc(Br)c(F)c1. The van der Waals surface area contributed by atoms with Crippen LogP contribution in [0.25, 0.3) is 0 Å². The molecule has 1 saturated carbocycles. The smallest absolute Gasteiger partial charge is 0.239 e. The molecule has 1 atom stereocenters. The lowest BCUT2D eigenvalue weighted by molar-refractivity contribution is -0.120. The number of carbonyl (C=O) groups is 1. The highest BCUT2D eigenvalue weighted by atomic mass is 79.9. The lowest BCUT2D eigenvalue weighted by Crippen LogP contribution is -2.40. The van der Waals surface area contributed by atoms with Crippen LogP contribution in [0.3, 0.4) is 0 Å². The summed E-state index contributed by atoms with van der Waals surface area (Å²) in [6.07, 6.45) is 6.90. The van der Waals surface area contributed by atoms with E-state index in [2.05, 4.69) is 21.2 Å². The van der Waals surface area contributed by atoms with Gasteiger partial charge in [-0.3, -0.25) is 10.1 Å². The maximum absolute atomic E-state index is 13.6. The summed E-state index contributed by atoms with van der Waals surface area (Å²) in [6.45, 7) is 0. The summed E-state index contributed by atoms with van der Waals surface area (Å²) in [6, 6.07) is 4.35. The first kappa shape index (κ1) is 15.4. The third-order valence-electron chi connectivity index (χ3n) is 3.82. The summed E-state index contributed by atoms with van der Waals surface area (Å²) in [7, 11) is 0. The number of benzene rings is 1. The zero-order chi connectivity index (χ0) is 14.5. The first-order valence-corrected chi connectivity index (χ1v) is 7.87. The van der Waals surface area contributed by atoms with Crippen molar-refractivity contribution in [2.24, 2.45) is 5.73 Å². The maximum atomic E-state index is 13.6. The number of carbonyl (C=O) groups excluding carboxylic acids is 1. The van der Waals surface area contributed by atoms with Crippen LogP contribution in [-0.2, 0) is 4.79 Å². The number of amides is 1. The maximum Gasteiger partial charge on any atom is 0.239 e. The molecule has 1 aromatic rings. The Kier molecular flexibility index (Phi) is 5.54. The molecule has 3 N–H and O–H groups in total. The van der Waals surface area contributed by atoms with Gasteiger partial charge in [-0.1, -0.05) is 31.7 Å². The van der Waals surface area contributed by atoms with Gasteiger partial charge < -0.3 is 5.73 Å². The molecular formula is C15H20BrFN2O. The molecule has 0 heterocycles. The Morgan fingerprint density at radius 3 is 2.50 bits per heavy atom. The average Bonchev–Trinajstić information content (AvgIpc) is 2.67. The summed E-state index contributed by atoms with van der Waals surface area (Å²) in [5.41, 5.74) is 6.06. The number of hydrogen-bond donors (Lipinski definition) is 2. The highest BCUT2D eigenvalue weighted by molar-refractivity contribution is 9.10. The van der Waals surface area contributed by atoms with Crippen molar-refractivity contribution < 1.29 is 9.18 Å². The van der Waals surface area contributed by atoms with Crippen LogP contribution in [0, 0.1) is 5.82 Å². The van der Waals surface area contributed by atoms with Gasteiger partial charge in [0.2, 0.25) is 5.91 Å². The molecule has 1 aliphatic rings. The van der Waals surface area contributed by atoms with Crippen molar-refractivity contribution in [3.63, 3.8) is 0 Å². The zero-order valence-electron chi connectivity index (χ0n) is 11.4. The Morgan fingerprint density at radius 2 is 1.95 bits per heavy atom. The van der Waals surface area contributed by atoms with Crippen LogP contribution in [0.4, 0.5) is 4.39 Å². The topological polar surface area (TPSA) is 55.1 Å². The summed E-state index contributed by atoms with van der Waals surface area (Å²) in [5.74, 6) is -0.840. The van der Waals surface area contributed by atoms with Crippen LogP contribution in [0.5, 0.6) is 0 Å². The highest BCUT2D eigenvalue weighted by Crippen LogP contribution is 2.24. The second kappa shape index (κ2) is 7.18. The third kappa shape index (κ3) is 4.03. The van der Waals surface area contributed by atoms with E-state index >= 15 is 0 Å². The van der Waals surface area contributed by atoms with Crippen LogP contribution in [0.15, 0.2) is 22.7 Å². The van der Waals surface area contributed by atoms with E-state index in [1.807, 2.05) is 0 Å². The second-order valence-corrected chi connectivity index (χ2v) is 6.22. The lowest BCUT2D eigenvalue weighted by atomic mass is 10.0. The van der Waals surface area contributed by atoms with E-state index < -0.39 is 11.9 Å². The van der Waals surface area contributed by atoms with E-state index in [0.29, 0.717) is 10.0 Å². The van der Waals surface area contributed by atoms with Gasteiger partial charge in [-0.05, 0) is 46.5 Å². The molecule has 20 heavy (non-hydrogen) atoms. The van der Waals surface area contributed by atoms with Crippen LogP contribution in [0.1, 0.15) is 50.1 Å². The fourth-order valence-corrected chi connectivity index (χ4v) is 2.96. The van der Waals surface area contributed by atoms with Crippen LogP contribution in [-0.4, -0.2) is 11.9 Å². The summed E-state index contributed by atoms with van der Waals surface area (Å²) >= 11 is 3.11. The van der Waals surface area contributed by atoms with Crippen molar-refractivity contribution >= 4 is 21.8 Å². The van der Waals surface area contributed by atoms with Crippen molar-refractivity contribution in [2.45, 2.75) is 50.6 Å². The fraction of sp³-hybridized carbons (Fsp3) is 0.533. The van der Waals surface area contributed by atoms with E-state index in [-0.39, 0.29) is 11.9 Å². The Morgan fingerprint density at radius 1 is 1.30 bits per heavy atom. The van der Waals surface area contributed by atoms with E-state index in [1.54, 1.807) is 12.1 Å². The molecule has 1 fully saturated rings. The predicted octanol–water partition coefficient (Wildman–Crippen LogP) is 3.43. The van der Waals surface area contributed by atoms with Gasteiger partial charge >= 0.3 is 0 Å². The van der Waals surface area contributed by atoms with E-state index in [1.165, 1.54) is 18.9 Å². The molecular weight excluding hydrogens is 323 g/mol. The molecule has 0 aromatic heterocycles. The van der Waals surface area contributed by atoms with Crippen LogP contribution < -0.4 is 11.1 Å². The van der Waals surface area contributed by atoms with Gasteiger partial charge in [-0.25, -0.2) is 4.39 Å². The van der Waals surface area contributed by atoms with Gasteiger partial charge in [-0.2, -0.15) is 0 Å². The van der Waals surface area contributed by atoms with Gasteiger partial charge in [0.15, 0.2) is 0 Å². The molecule has 1 aromatic carbocycles. The standard InChI is InChI=1S/C15H20BrFN2O/c16-12-8-7-10(9-13(12)17)14(15(18)20)19-11-5-3-1-2-4-6-11/h7-9,11,14,19H,1-6H2,(H2,18,20). The van der Waals surface area contributed by atoms with Crippen molar-refractivity contribution in [1.82, 2.24) is 5.32 Å². The molecule has 1 aliphatic carbocycles. The zero-order valence-corrected chi connectivity index (χ0v) is 13.0. The minimum absolute atomic E-state index is 0.279. The minimum atomic E-state index is -0.624. The Balaban J connectivity index is 2.13. The molecule has 5 heteroatoms. The third-order valence-corrected chi connectivity index (χ3v) is 4.46. The first-order chi connectivity index (χ1) is 9.58. The van der Waals surface area contributed by atoms with Crippen molar-refractivity contribution in [3.05, 3.63) is 34.1 Å². The number of rotatable bonds is 4. The molecule has 1 amide bonds. The number of halogens is 2. The van der Waals surface area contributed by atoms with Gasteiger partial charge in [0.1, 0.15) is 11.9 Å². The summed E-state index contributed by atoms with van der Waals surface area (Å²) in [5, 5.41) is 3.30. The quantitative estimate of drug-likeness (QED) is 0.823. The van der Waals surface area contributed by atoms with Gasteiger partial charge in [0.05, 0.1) is 4.47 Å². The number of nitrogens with two attached hydrogens (primary N) is 1. The second-order valence-electron chi connectivity index (χ2n) is 5.36. The minimum Gasteiger partial charge on any atom is -0.368 e. The Bertz CT molecular complexity index is 473. The number of hydrogen-bond acceptors (Lipinski definition) is 2. The molecule has 0 aliphatic heterocycles. The molecule has 1 unspecified atom stereocenters. The summed E-state index contributed by atoms with van der Waals surface area (Å²) < 4.78 is 14.0. The average molecular weight is 343 g/mol. The van der Waals surface area contributed by atoms with Crippen LogP contribution >= 0.6 is 15.9 Å². The van der Waals surface area contributed by atoms with E-state index in [4.69, 9.17) is 5.73 Å². The highest BCUT2D eigenvalue weighted by Gasteiger charge is 2.23. The molecule has 0 spiro atoms. The van der Waals surface area contributed by atoms with E-state index in [0.717, 1.165) is 25.7 Å². The molecule has 0 bridgehead atoms.